The fourth-order valence-electron chi connectivity index (χ4n) is 1.16. The van der Waals surface area contributed by atoms with Crippen LogP contribution in [0.15, 0.2) is 0 Å². The summed E-state index contributed by atoms with van der Waals surface area (Å²) >= 11 is 1.77. The summed E-state index contributed by atoms with van der Waals surface area (Å²) < 4.78 is 29.8. The zero-order chi connectivity index (χ0) is 8.32. The van der Waals surface area contributed by atoms with Gasteiger partial charge in [0.1, 0.15) is 23.0 Å². The van der Waals surface area contributed by atoms with Gasteiger partial charge in [0.2, 0.25) is 0 Å². The van der Waals surface area contributed by atoms with E-state index in [9.17, 15) is 8.78 Å². The molecule has 0 aromatic carbocycles. The largest absolute Gasteiger partial charge is 0.314 e. The monoisotopic (exact) mass is 277 g/mol. The van der Waals surface area contributed by atoms with Gasteiger partial charge < -0.3 is 3.07 Å². The molecule has 0 atom stereocenters. The van der Waals surface area contributed by atoms with Gasteiger partial charge >= 0.3 is 0 Å². The molecule has 5 heteroatoms. The molecular weight excluding hydrogens is 267 g/mol. The second kappa shape index (κ2) is 3.95. The Hall–Kier alpha value is 0.510. The van der Waals surface area contributed by atoms with Gasteiger partial charge in [-0.2, -0.15) is 0 Å². The van der Waals surface area contributed by atoms with E-state index in [-0.39, 0.29) is 13.0 Å². The van der Waals surface area contributed by atoms with Crippen LogP contribution in [0.25, 0.3) is 0 Å². The molecule has 1 aliphatic heterocycles. The summed E-state index contributed by atoms with van der Waals surface area (Å²) in [6.07, 6.45) is -0.00571. The molecule has 1 fully saturated rings. The molecule has 66 valence electrons. The molecule has 1 rings (SSSR count). The van der Waals surface area contributed by atoms with Gasteiger partial charge in [0.05, 0.1) is 13.2 Å². The highest BCUT2D eigenvalue weighted by atomic mass is 127. The van der Waals surface area contributed by atoms with Crippen molar-refractivity contribution in [1.29, 1.82) is 0 Å². The van der Waals surface area contributed by atoms with Crippen LogP contribution < -0.4 is 0 Å². The fraction of sp³-hybridized carbons (Fsp3) is 1.00. The van der Waals surface area contributed by atoms with Crippen molar-refractivity contribution in [3.05, 3.63) is 0 Å². The number of likely N-dealkylation sites (tertiary alicyclic amines) is 1. The number of nitrogens with zero attached hydrogens (tertiary/aromatic N) is 1. The fourth-order valence-corrected chi connectivity index (χ4v) is 1.36. The van der Waals surface area contributed by atoms with Crippen LogP contribution in [0.4, 0.5) is 8.78 Å². The molecule has 0 radical (unpaired) electrons. The van der Waals surface area contributed by atoms with E-state index in [2.05, 4.69) is 0 Å². The SMILES string of the molecule is FC1(F)CCN(CCOI)C1. The quantitative estimate of drug-likeness (QED) is 0.728. The normalized spacial score (nSPS) is 24.3. The first-order valence-corrected chi connectivity index (χ1v) is 4.36. The Balaban J connectivity index is 2.20. The molecule has 0 spiro atoms. The highest BCUT2D eigenvalue weighted by molar-refractivity contribution is 14.1. The van der Waals surface area contributed by atoms with Crippen LogP contribution in [-0.4, -0.2) is 37.1 Å². The summed E-state index contributed by atoms with van der Waals surface area (Å²) in [4.78, 5) is 1.72. The minimum Gasteiger partial charge on any atom is -0.314 e. The van der Waals surface area contributed by atoms with Crippen molar-refractivity contribution in [2.24, 2.45) is 0 Å². The molecule has 0 aromatic rings. The van der Waals surface area contributed by atoms with Gasteiger partial charge in [-0.15, -0.1) is 0 Å². The molecule has 0 aliphatic carbocycles. The van der Waals surface area contributed by atoms with Crippen LogP contribution >= 0.6 is 23.0 Å². The summed E-state index contributed by atoms with van der Waals surface area (Å²) in [5.41, 5.74) is 0. The van der Waals surface area contributed by atoms with E-state index in [1.54, 1.807) is 27.9 Å². The molecule has 2 nitrogen and oxygen atoms in total. The first-order chi connectivity index (χ1) is 5.14. The minimum absolute atomic E-state index is 0.00571. The molecule has 0 bridgehead atoms. The van der Waals surface area contributed by atoms with E-state index in [1.807, 2.05) is 0 Å². The van der Waals surface area contributed by atoms with E-state index in [1.165, 1.54) is 0 Å². The standard InChI is InChI=1S/C6H10F2INO/c7-6(8)1-2-10(5-6)3-4-11-9/h1-5H2. The summed E-state index contributed by atoms with van der Waals surface area (Å²) in [7, 11) is 0. The summed E-state index contributed by atoms with van der Waals surface area (Å²) in [6, 6.07) is 0. The molecule has 0 amide bonds. The van der Waals surface area contributed by atoms with Crippen LogP contribution in [0.3, 0.4) is 0 Å². The van der Waals surface area contributed by atoms with E-state index >= 15 is 0 Å². The van der Waals surface area contributed by atoms with Crippen molar-refractivity contribution >= 4 is 23.0 Å². The summed E-state index contributed by atoms with van der Waals surface area (Å²) in [5, 5.41) is 0. The zero-order valence-corrected chi connectivity index (χ0v) is 8.18. The number of hydrogen-bond acceptors (Lipinski definition) is 2. The Morgan fingerprint density at radius 3 is 2.73 bits per heavy atom. The predicted octanol–water partition coefficient (Wildman–Crippen LogP) is 1.69. The van der Waals surface area contributed by atoms with Gasteiger partial charge in [0, 0.05) is 19.5 Å². The zero-order valence-electron chi connectivity index (χ0n) is 6.02. The number of alkyl halides is 2. The third kappa shape index (κ3) is 3.16. The van der Waals surface area contributed by atoms with Crippen LogP contribution in [-0.2, 0) is 3.07 Å². The number of rotatable bonds is 3. The molecule has 0 saturated carbocycles. The Morgan fingerprint density at radius 1 is 1.55 bits per heavy atom. The van der Waals surface area contributed by atoms with Crippen LogP contribution in [0.5, 0.6) is 0 Å². The van der Waals surface area contributed by atoms with Crippen molar-refractivity contribution in [2.45, 2.75) is 12.3 Å². The highest BCUT2D eigenvalue weighted by Gasteiger charge is 2.37. The second-order valence-corrected chi connectivity index (χ2v) is 3.32. The van der Waals surface area contributed by atoms with Crippen LogP contribution in [0.2, 0.25) is 0 Å². The van der Waals surface area contributed by atoms with E-state index < -0.39 is 5.92 Å². The average Bonchev–Trinajstić information content (AvgIpc) is 2.26. The third-order valence-electron chi connectivity index (χ3n) is 1.73. The van der Waals surface area contributed by atoms with Gasteiger partial charge in [-0.05, 0) is 0 Å². The van der Waals surface area contributed by atoms with Crippen molar-refractivity contribution in [3.63, 3.8) is 0 Å². The van der Waals surface area contributed by atoms with Gasteiger partial charge in [-0.25, -0.2) is 8.78 Å². The van der Waals surface area contributed by atoms with Gasteiger partial charge in [0.25, 0.3) is 5.92 Å². The first kappa shape index (κ1) is 9.60. The molecular formula is C6H10F2INO. The third-order valence-corrected chi connectivity index (χ3v) is 2.17. The minimum atomic E-state index is -2.47. The van der Waals surface area contributed by atoms with Crippen molar-refractivity contribution < 1.29 is 11.8 Å². The maximum absolute atomic E-state index is 12.5. The van der Waals surface area contributed by atoms with E-state index in [4.69, 9.17) is 3.07 Å². The Bertz CT molecular complexity index is 134. The smallest absolute Gasteiger partial charge is 0.261 e. The lowest BCUT2D eigenvalue weighted by atomic mass is 10.3. The predicted molar refractivity (Wildman–Crippen MR) is 46.0 cm³/mol. The van der Waals surface area contributed by atoms with Crippen molar-refractivity contribution in [3.8, 4) is 0 Å². The molecule has 0 aromatic heterocycles. The van der Waals surface area contributed by atoms with Gasteiger partial charge in [0.15, 0.2) is 0 Å². The van der Waals surface area contributed by atoms with E-state index in [0.29, 0.717) is 19.7 Å². The van der Waals surface area contributed by atoms with Crippen LogP contribution in [0, 0.1) is 0 Å². The lowest BCUT2D eigenvalue weighted by Gasteiger charge is -2.13. The second-order valence-electron chi connectivity index (χ2n) is 2.70. The van der Waals surface area contributed by atoms with E-state index in [0.717, 1.165) is 0 Å². The van der Waals surface area contributed by atoms with Crippen LogP contribution in [0.1, 0.15) is 6.42 Å². The first-order valence-electron chi connectivity index (χ1n) is 3.48. The lowest BCUT2D eigenvalue weighted by molar-refractivity contribution is 0.0116. The maximum atomic E-state index is 12.5. The Kier molecular flexibility index (Phi) is 3.45. The Labute approximate surface area is 78.6 Å². The molecule has 11 heavy (non-hydrogen) atoms. The molecule has 1 heterocycles. The molecule has 1 aliphatic rings. The highest BCUT2D eigenvalue weighted by Crippen LogP contribution is 2.26. The number of halogens is 3. The average molecular weight is 277 g/mol. The molecule has 0 unspecified atom stereocenters. The topological polar surface area (TPSA) is 12.5 Å². The molecule has 0 N–H and O–H groups in total. The summed E-state index contributed by atoms with van der Waals surface area (Å²) in [6.45, 7) is 1.52. The summed E-state index contributed by atoms with van der Waals surface area (Å²) in [5.74, 6) is -2.47. The van der Waals surface area contributed by atoms with Gasteiger partial charge in [-0.3, -0.25) is 4.90 Å². The number of hydrogen-bond donors (Lipinski definition) is 0. The Morgan fingerprint density at radius 2 is 2.27 bits per heavy atom. The van der Waals surface area contributed by atoms with Crippen molar-refractivity contribution in [1.82, 2.24) is 4.90 Å². The van der Waals surface area contributed by atoms with Crippen molar-refractivity contribution in [2.75, 3.05) is 26.2 Å². The molecule has 1 saturated heterocycles. The lowest BCUT2D eigenvalue weighted by Crippen LogP contribution is -2.27. The van der Waals surface area contributed by atoms with Gasteiger partial charge in [-0.1, -0.05) is 0 Å². The maximum Gasteiger partial charge on any atom is 0.261 e.